The molecule has 96 valence electrons. The van der Waals surface area contributed by atoms with Gasteiger partial charge in [0.15, 0.2) is 0 Å². The van der Waals surface area contributed by atoms with Crippen molar-refractivity contribution < 1.29 is 4.79 Å². The van der Waals surface area contributed by atoms with Crippen molar-refractivity contribution in [3.63, 3.8) is 0 Å². The number of rotatable bonds is 4. The number of aromatic nitrogens is 1. The van der Waals surface area contributed by atoms with Gasteiger partial charge in [-0.1, -0.05) is 23.7 Å². The van der Waals surface area contributed by atoms with E-state index >= 15 is 0 Å². The molecule has 2 rings (SSSR count). The lowest BCUT2D eigenvalue weighted by atomic mass is 10.2. The number of halogens is 1. The van der Waals surface area contributed by atoms with E-state index in [4.69, 9.17) is 11.6 Å². The minimum atomic E-state index is 0.123. The largest absolute Gasteiger partial charge is 0.342 e. The predicted molar refractivity (Wildman–Crippen MR) is 74.9 cm³/mol. The Kier molecular flexibility index (Phi) is 3.92. The summed E-state index contributed by atoms with van der Waals surface area (Å²) >= 11 is 6.19. The third-order valence-corrected chi connectivity index (χ3v) is 3.47. The predicted octanol–water partition coefficient (Wildman–Crippen LogP) is 3.16. The number of fused-ring (bicyclic) bond motifs is 1. The zero-order valence-corrected chi connectivity index (χ0v) is 11.4. The van der Waals surface area contributed by atoms with Crippen LogP contribution in [0.15, 0.2) is 30.5 Å². The molecule has 1 aromatic carbocycles. The van der Waals surface area contributed by atoms with Gasteiger partial charge in [-0.25, -0.2) is 0 Å². The topological polar surface area (TPSA) is 25.2 Å². The highest BCUT2D eigenvalue weighted by atomic mass is 35.5. The molecule has 0 aliphatic heterocycles. The fraction of sp³-hybridized carbons (Fsp3) is 0.357. The zero-order chi connectivity index (χ0) is 13.1. The van der Waals surface area contributed by atoms with Crippen LogP contribution in [0, 0.1) is 0 Å². The molecule has 0 saturated carbocycles. The first kappa shape index (κ1) is 13.0. The molecular weight excluding hydrogens is 248 g/mol. The van der Waals surface area contributed by atoms with E-state index in [2.05, 4.69) is 0 Å². The quantitative estimate of drug-likeness (QED) is 0.833. The highest BCUT2D eigenvalue weighted by Gasteiger charge is 2.12. The summed E-state index contributed by atoms with van der Waals surface area (Å²) in [5.74, 6) is 0.123. The molecule has 0 spiro atoms. The van der Waals surface area contributed by atoms with E-state index in [1.54, 1.807) is 0 Å². The summed E-state index contributed by atoms with van der Waals surface area (Å²) in [4.78, 5) is 13.9. The molecule has 0 saturated heterocycles. The van der Waals surface area contributed by atoms with Crippen molar-refractivity contribution in [3.8, 4) is 0 Å². The Morgan fingerprint density at radius 3 is 2.67 bits per heavy atom. The number of para-hydroxylation sites is 1. The molecule has 0 radical (unpaired) electrons. The first-order valence-corrected chi connectivity index (χ1v) is 6.56. The van der Waals surface area contributed by atoms with Crippen LogP contribution in [-0.2, 0) is 11.3 Å². The molecule has 0 aliphatic rings. The van der Waals surface area contributed by atoms with Crippen LogP contribution in [0.4, 0.5) is 0 Å². The summed E-state index contributed by atoms with van der Waals surface area (Å²) in [6, 6.07) is 7.75. The Morgan fingerprint density at radius 2 is 2.00 bits per heavy atom. The Morgan fingerprint density at radius 1 is 1.28 bits per heavy atom. The summed E-state index contributed by atoms with van der Waals surface area (Å²) in [5.41, 5.74) is 0.930. The van der Waals surface area contributed by atoms with Crippen LogP contribution >= 0.6 is 11.6 Å². The van der Waals surface area contributed by atoms with Crippen molar-refractivity contribution >= 4 is 28.4 Å². The fourth-order valence-electron chi connectivity index (χ4n) is 2.17. The summed E-state index contributed by atoms with van der Waals surface area (Å²) in [7, 11) is 0. The van der Waals surface area contributed by atoms with Gasteiger partial charge in [0.2, 0.25) is 5.91 Å². The first-order valence-electron chi connectivity index (χ1n) is 6.18. The van der Waals surface area contributed by atoms with E-state index < -0.39 is 0 Å². The number of hydrogen-bond donors (Lipinski definition) is 0. The third kappa shape index (κ3) is 2.36. The summed E-state index contributed by atoms with van der Waals surface area (Å²) in [6.45, 7) is 5.80. The van der Waals surface area contributed by atoms with Crippen LogP contribution in [-0.4, -0.2) is 28.5 Å². The van der Waals surface area contributed by atoms with Gasteiger partial charge < -0.3 is 9.47 Å². The number of carbonyl (C=O) groups excluding carboxylic acids is 1. The molecule has 3 nitrogen and oxygen atoms in total. The van der Waals surface area contributed by atoms with E-state index in [0.29, 0.717) is 11.6 Å². The smallest absolute Gasteiger partial charge is 0.242 e. The van der Waals surface area contributed by atoms with Gasteiger partial charge in [0.1, 0.15) is 6.54 Å². The lowest BCUT2D eigenvalue weighted by Crippen LogP contribution is -2.33. The van der Waals surface area contributed by atoms with Gasteiger partial charge in [-0.15, -0.1) is 0 Å². The van der Waals surface area contributed by atoms with Crippen molar-refractivity contribution in [1.82, 2.24) is 9.47 Å². The number of carbonyl (C=O) groups is 1. The van der Waals surface area contributed by atoms with Gasteiger partial charge in [-0.2, -0.15) is 0 Å². The lowest BCUT2D eigenvalue weighted by Gasteiger charge is -2.19. The maximum atomic E-state index is 12.1. The van der Waals surface area contributed by atoms with E-state index in [1.807, 2.05) is 53.8 Å². The van der Waals surface area contributed by atoms with Crippen LogP contribution in [0.2, 0.25) is 5.02 Å². The van der Waals surface area contributed by atoms with E-state index in [0.717, 1.165) is 24.0 Å². The molecule has 18 heavy (non-hydrogen) atoms. The highest BCUT2D eigenvalue weighted by molar-refractivity contribution is 6.35. The monoisotopic (exact) mass is 264 g/mol. The highest BCUT2D eigenvalue weighted by Crippen LogP contribution is 2.24. The molecular formula is C14H17ClN2O. The molecule has 0 N–H and O–H groups in total. The van der Waals surface area contributed by atoms with Crippen LogP contribution in [0.3, 0.4) is 0 Å². The van der Waals surface area contributed by atoms with Gasteiger partial charge in [0.05, 0.1) is 10.5 Å². The number of nitrogens with zero attached hydrogens (tertiary/aromatic N) is 2. The van der Waals surface area contributed by atoms with Crippen LogP contribution in [0.25, 0.3) is 10.9 Å². The van der Waals surface area contributed by atoms with Gasteiger partial charge in [-0.3, -0.25) is 4.79 Å². The molecule has 2 aromatic rings. The molecule has 4 heteroatoms. The third-order valence-electron chi connectivity index (χ3n) is 3.16. The maximum absolute atomic E-state index is 12.1. The molecule has 1 amide bonds. The van der Waals surface area contributed by atoms with E-state index in [9.17, 15) is 4.79 Å². The number of likely N-dealkylation sites (N-methyl/N-ethyl adjacent to an activating group) is 1. The van der Waals surface area contributed by atoms with Gasteiger partial charge >= 0.3 is 0 Å². The zero-order valence-electron chi connectivity index (χ0n) is 10.7. The SMILES string of the molecule is CCN(CC)C(=O)Cn1ccc2cccc(Cl)c21. The van der Waals surface area contributed by atoms with Crippen molar-refractivity contribution in [1.29, 1.82) is 0 Å². The minimum Gasteiger partial charge on any atom is -0.342 e. The molecule has 0 aliphatic carbocycles. The van der Waals surface area contributed by atoms with Crippen LogP contribution < -0.4 is 0 Å². The molecule has 0 bridgehead atoms. The molecule has 0 fully saturated rings. The Labute approximate surface area is 112 Å². The second kappa shape index (κ2) is 5.44. The molecule has 0 unspecified atom stereocenters. The van der Waals surface area contributed by atoms with Crippen molar-refractivity contribution in [3.05, 3.63) is 35.5 Å². The average molecular weight is 265 g/mol. The second-order valence-corrected chi connectivity index (χ2v) is 4.59. The normalized spacial score (nSPS) is 10.8. The van der Waals surface area contributed by atoms with E-state index in [-0.39, 0.29) is 5.91 Å². The minimum absolute atomic E-state index is 0.123. The van der Waals surface area contributed by atoms with Crippen molar-refractivity contribution in [2.45, 2.75) is 20.4 Å². The summed E-state index contributed by atoms with van der Waals surface area (Å²) in [5, 5.41) is 1.75. The van der Waals surface area contributed by atoms with Crippen LogP contribution in [0.1, 0.15) is 13.8 Å². The lowest BCUT2D eigenvalue weighted by molar-refractivity contribution is -0.131. The summed E-state index contributed by atoms with van der Waals surface area (Å²) in [6.07, 6.45) is 1.91. The molecule has 1 heterocycles. The maximum Gasteiger partial charge on any atom is 0.242 e. The standard InChI is InChI=1S/C14H17ClN2O/c1-3-16(4-2)13(18)10-17-9-8-11-6-5-7-12(15)14(11)17/h5-9H,3-4,10H2,1-2H3. The van der Waals surface area contributed by atoms with Crippen molar-refractivity contribution in [2.24, 2.45) is 0 Å². The Hall–Kier alpha value is -1.48. The van der Waals surface area contributed by atoms with Gasteiger partial charge in [-0.05, 0) is 26.0 Å². The second-order valence-electron chi connectivity index (χ2n) is 4.19. The Bertz CT molecular complexity index is 558. The number of benzene rings is 1. The molecule has 1 aromatic heterocycles. The van der Waals surface area contributed by atoms with Crippen LogP contribution in [0.5, 0.6) is 0 Å². The van der Waals surface area contributed by atoms with E-state index in [1.165, 1.54) is 0 Å². The molecule has 0 atom stereocenters. The van der Waals surface area contributed by atoms with Crippen molar-refractivity contribution in [2.75, 3.05) is 13.1 Å². The number of hydrogen-bond acceptors (Lipinski definition) is 1. The summed E-state index contributed by atoms with van der Waals surface area (Å²) < 4.78 is 1.92. The van der Waals surface area contributed by atoms with Gasteiger partial charge in [0, 0.05) is 24.7 Å². The number of amides is 1. The fourth-order valence-corrected chi connectivity index (χ4v) is 2.46. The van der Waals surface area contributed by atoms with Gasteiger partial charge in [0.25, 0.3) is 0 Å². The average Bonchev–Trinajstić information content (AvgIpc) is 2.75. The first-order chi connectivity index (χ1) is 8.67. The Balaban J connectivity index is 2.30.